The van der Waals surface area contributed by atoms with Gasteiger partial charge in [-0.3, -0.25) is 4.79 Å². The number of nitrogens with zero attached hydrogens (tertiary/aromatic N) is 1. The van der Waals surface area contributed by atoms with Gasteiger partial charge < -0.3 is 10.6 Å². The largest absolute Gasteiger partial charge is 0.369 e. The molecule has 1 aliphatic carbocycles. The molecule has 2 rings (SSSR count). The summed E-state index contributed by atoms with van der Waals surface area (Å²) in [6.45, 7) is 7.87. The zero-order valence-electron chi connectivity index (χ0n) is 12.3. The fraction of sp³-hybridized carbons (Fsp3) is 0.600. The molecule has 2 N–H and O–H groups in total. The highest BCUT2D eigenvalue weighted by molar-refractivity contribution is 6.33. The van der Waals surface area contributed by atoms with E-state index in [9.17, 15) is 4.79 Å². The number of hydrogen-bond acceptors (Lipinski definition) is 3. The molecule has 1 aromatic heterocycles. The number of carbonyl (C=O) groups is 1. The molecule has 0 bridgehead atoms. The summed E-state index contributed by atoms with van der Waals surface area (Å²) < 4.78 is 0. The molecule has 0 radical (unpaired) electrons. The van der Waals surface area contributed by atoms with E-state index in [4.69, 9.17) is 11.6 Å². The maximum absolute atomic E-state index is 12.1. The summed E-state index contributed by atoms with van der Waals surface area (Å²) in [6, 6.07) is 1.66. The van der Waals surface area contributed by atoms with Gasteiger partial charge in [-0.2, -0.15) is 0 Å². The van der Waals surface area contributed by atoms with Gasteiger partial charge in [0.05, 0.1) is 10.6 Å². The van der Waals surface area contributed by atoms with Gasteiger partial charge in [-0.1, -0.05) is 25.4 Å². The standard InChI is InChI=1S/C15H22ClN3O/c1-4-17-13-12(16)7-11(8-18-13)14(20)19-9-15(5-6-15)10(2)3/h7-8,10H,4-6,9H2,1-3H3,(H,17,18)(H,19,20). The normalized spacial score (nSPS) is 16.1. The average Bonchev–Trinajstić information content (AvgIpc) is 3.20. The predicted molar refractivity (Wildman–Crippen MR) is 82.2 cm³/mol. The third-order valence-electron chi connectivity index (χ3n) is 4.17. The summed E-state index contributed by atoms with van der Waals surface area (Å²) >= 11 is 6.10. The van der Waals surface area contributed by atoms with Gasteiger partial charge in [0.25, 0.3) is 5.91 Å². The van der Waals surface area contributed by atoms with Crippen LogP contribution in [-0.2, 0) is 0 Å². The van der Waals surface area contributed by atoms with Crippen LogP contribution in [-0.4, -0.2) is 24.0 Å². The highest BCUT2D eigenvalue weighted by Crippen LogP contribution is 2.51. The molecule has 1 aliphatic rings. The molecule has 1 amide bonds. The number of halogens is 1. The van der Waals surface area contributed by atoms with Crippen molar-refractivity contribution in [3.63, 3.8) is 0 Å². The van der Waals surface area contributed by atoms with E-state index in [1.165, 1.54) is 12.8 Å². The lowest BCUT2D eigenvalue weighted by molar-refractivity contribution is 0.0939. The monoisotopic (exact) mass is 295 g/mol. The van der Waals surface area contributed by atoms with E-state index >= 15 is 0 Å². The van der Waals surface area contributed by atoms with Crippen molar-refractivity contribution in [2.24, 2.45) is 11.3 Å². The topological polar surface area (TPSA) is 54.0 Å². The Balaban J connectivity index is 1.97. The summed E-state index contributed by atoms with van der Waals surface area (Å²) in [5, 5.41) is 6.53. The minimum absolute atomic E-state index is 0.102. The van der Waals surface area contributed by atoms with Crippen molar-refractivity contribution < 1.29 is 4.79 Å². The van der Waals surface area contributed by atoms with E-state index in [-0.39, 0.29) is 5.91 Å². The van der Waals surface area contributed by atoms with Crippen molar-refractivity contribution in [2.45, 2.75) is 33.6 Å². The van der Waals surface area contributed by atoms with Crippen LogP contribution in [0.2, 0.25) is 5.02 Å². The van der Waals surface area contributed by atoms with Crippen LogP contribution in [0.1, 0.15) is 44.0 Å². The SMILES string of the molecule is CCNc1ncc(C(=O)NCC2(C(C)C)CC2)cc1Cl. The zero-order valence-corrected chi connectivity index (χ0v) is 13.0. The van der Waals surface area contributed by atoms with Gasteiger partial charge in [0, 0.05) is 19.3 Å². The van der Waals surface area contributed by atoms with Crippen LogP contribution in [0.15, 0.2) is 12.3 Å². The maximum atomic E-state index is 12.1. The van der Waals surface area contributed by atoms with Crippen LogP contribution in [0.25, 0.3) is 0 Å². The number of aromatic nitrogens is 1. The van der Waals surface area contributed by atoms with E-state index in [1.54, 1.807) is 12.3 Å². The molecule has 110 valence electrons. The van der Waals surface area contributed by atoms with Crippen LogP contribution in [0, 0.1) is 11.3 Å². The Morgan fingerprint density at radius 1 is 1.50 bits per heavy atom. The molecule has 0 aliphatic heterocycles. The van der Waals surface area contributed by atoms with Gasteiger partial charge in [0.2, 0.25) is 0 Å². The van der Waals surface area contributed by atoms with E-state index < -0.39 is 0 Å². The minimum atomic E-state index is -0.102. The van der Waals surface area contributed by atoms with Crippen molar-refractivity contribution in [3.05, 3.63) is 22.8 Å². The van der Waals surface area contributed by atoms with Gasteiger partial charge in [-0.25, -0.2) is 4.98 Å². The van der Waals surface area contributed by atoms with Crippen LogP contribution < -0.4 is 10.6 Å². The number of pyridine rings is 1. The Kier molecular flexibility index (Phi) is 4.53. The lowest BCUT2D eigenvalue weighted by atomic mass is 9.92. The second-order valence-corrected chi connectivity index (χ2v) is 6.19. The Morgan fingerprint density at radius 3 is 2.70 bits per heavy atom. The summed E-state index contributed by atoms with van der Waals surface area (Å²) in [5.41, 5.74) is 0.813. The molecule has 0 saturated heterocycles. The molecule has 20 heavy (non-hydrogen) atoms. The van der Waals surface area contributed by atoms with Crippen LogP contribution in [0.4, 0.5) is 5.82 Å². The smallest absolute Gasteiger partial charge is 0.252 e. The molecule has 1 fully saturated rings. The van der Waals surface area contributed by atoms with Crippen molar-refractivity contribution in [1.82, 2.24) is 10.3 Å². The van der Waals surface area contributed by atoms with E-state index in [1.807, 2.05) is 6.92 Å². The number of carbonyl (C=O) groups excluding carboxylic acids is 1. The molecular formula is C15H22ClN3O. The summed E-state index contributed by atoms with van der Waals surface area (Å²) in [5.74, 6) is 1.11. The first-order valence-electron chi connectivity index (χ1n) is 7.16. The van der Waals surface area contributed by atoms with Crippen LogP contribution in [0.3, 0.4) is 0 Å². The zero-order chi connectivity index (χ0) is 14.8. The van der Waals surface area contributed by atoms with Gasteiger partial charge in [0.15, 0.2) is 0 Å². The first-order valence-corrected chi connectivity index (χ1v) is 7.54. The lowest BCUT2D eigenvalue weighted by Crippen LogP contribution is -2.32. The summed E-state index contributed by atoms with van der Waals surface area (Å²) in [6.07, 6.45) is 3.96. The summed E-state index contributed by atoms with van der Waals surface area (Å²) in [4.78, 5) is 16.3. The second kappa shape index (κ2) is 6.00. The number of nitrogens with one attached hydrogen (secondary N) is 2. The van der Waals surface area contributed by atoms with Crippen LogP contribution >= 0.6 is 11.6 Å². The van der Waals surface area contributed by atoms with E-state index in [2.05, 4.69) is 29.5 Å². The first-order chi connectivity index (χ1) is 9.48. The van der Waals surface area contributed by atoms with Gasteiger partial charge >= 0.3 is 0 Å². The lowest BCUT2D eigenvalue weighted by Gasteiger charge is -2.20. The highest BCUT2D eigenvalue weighted by atomic mass is 35.5. The number of anilines is 1. The van der Waals surface area contributed by atoms with Crippen molar-refractivity contribution >= 4 is 23.3 Å². The molecule has 1 aromatic rings. The van der Waals surface area contributed by atoms with Crippen molar-refractivity contribution in [3.8, 4) is 0 Å². The Labute approximate surface area is 125 Å². The molecule has 0 aromatic carbocycles. The van der Waals surface area contributed by atoms with Gasteiger partial charge in [0.1, 0.15) is 5.82 Å². The third-order valence-corrected chi connectivity index (χ3v) is 4.45. The quantitative estimate of drug-likeness (QED) is 0.846. The fourth-order valence-corrected chi connectivity index (χ4v) is 2.57. The fourth-order valence-electron chi connectivity index (χ4n) is 2.34. The molecule has 1 saturated carbocycles. The van der Waals surface area contributed by atoms with E-state index in [0.717, 1.165) is 13.1 Å². The molecule has 0 unspecified atom stereocenters. The Morgan fingerprint density at radius 2 is 2.20 bits per heavy atom. The molecule has 1 heterocycles. The van der Waals surface area contributed by atoms with Gasteiger partial charge in [-0.05, 0) is 37.2 Å². The molecule has 5 heteroatoms. The molecular weight excluding hydrogens is 274 g/mol. The minimum Gasteiger partial charge on any atom is -0.369 e. The van der Waals surface area contributed by atoms with Crippen molar-refractivity contribution in [2.75, 3.05) is 18.4 Å². The maximum Gasteiger partial charge on any atom is 0.252 e. The Hall–Kier alpha value is -1.29. The predicted octanol–water partition coefficient (Wildman–Crippen LogP) is 3.33. The third kappa shape index (κ3) is 3.23. The average molecular weight is 296 g/mol. The second-order valence-electron chi connectivity index (χ2n) is 5.78. The first kappa shape index (κ1) is 15.1. The Bertz CT molecular complexity index is 498. The number of amides is 1. The molecule has 0 spiro atoms. The van der Waals surface area contributed by atoms with Crippen molar-refractivity contribution in [1.29, 1.82) is 0 Å². The van der Waals surface area contributed by atoms with E-state index in [0.29, 0.717) is 27.7 Å². The van der Waals surface area contributed by atoms with Crippen LogP contribution in [0.5, 0.6) is 0 Å². The number of rotatable bonds is 6. The van der Waals surface area contributed by atoms with Gasteiger partial charge in [-0.15, -0.1) is 0 Å². The molecule has 0 atom stereocenters. The number of hydrogen-bond donors (Lipinski definition) is 2. The summed E-state index contributed by atoms with van der Waals surface area (Å²) in [7, 11) is 0. The highest BCUT2D eigenvalue weighted by Gasteiger charge is 2.45. The molecule has 4 nitrogen and oxygen atoms in total.